The molecule has 0 fully saturated rings. The van der Waals surface area contributed by atoms with Gasteiger partial charge in [-0.15, -0.1) is 0 Å². The summed E-state index contributed by atoms with van der Waals surface area (Å²) in [5, 5.41) is 1.03. The molecule has 5 rings (SSSR count). The van der Waals surface area contributed by atoms with E-state index in [2.05, 4.69) is 11.1 Å². The Morgan fingerprint density at radius 1 is 1.13 bits per heavy atom. The first-order valence-electron chi connectivity index (χ1n) is 10.1. The number of fused-ring (bicyclic) bond motifs is 3. The summed E-state index contributed by atoms with van der Waals surface area (Å²) >= 11 is 0. The van der Waals surface area contributed by atoms with E-state index in [4.69, 9.17) is 0 Å². The lowest BCUT2D eigenvalue weighted by Gasteiger charge is -2.10. The van der Waals surface area contributed by atoms with Gasteiger partial charge in [0.1, 0.15) is 11.6 Å². The molecule has 2 aromatic carbocycles. The molecule has 1 aliphatic carbocycles. The minimum absolute atomic E-state index is 0.0757. The minimum Gasteiger partial charge on any atom is -0.333 e. The number of aldehydes is 1. The van der Waals surface area contributed by atoms with Gasteiger partial charge in [-0.1, -0.05) is 12.1 Å². The van der Waals surface area contributed by atoms with Crippen molar-refractivity contribution in [3.63, 3.8) is 0 Å². The van der Waals surface area contributed by atoms with Crippen molar-refractivity contribution in [1.29, 1.82) is 0 Å². The van der Waals surface area contributed by atoms with Gasteiger partial charge in [-0.25, -0.2) is 8.78 Å². The number of rotatable bonds is 4. The maximum atomic E-state index is 14.4. The number of nitrogens with zero attached hydrogens (tertiary/aromatic N) is 2. The number of hydrogen-bond acceptors (Lipinski definition) is 2. The normalized spacial score (nSPS) is 13.0. The van der Waals surface area contributed by atoms with Crippen LogP contribution in [0, 0.1) is 18.6 Å². The number of carbonyl (C=O) groups is 1. The van der Waals surface area contributed by atoms with Crippen LogP contribution < -0.4 is 0 Å². The van der Waals surface area contributed by atoms with Crippen molar-refractivity contribution in [1.82, 2.24) is 9.55 Å². The summed E-state index contributed by atoms with van der Waals surface area (Å²) in [7, 11) is 0. The molecule has 0 aliphatic heterocycles. The van der Waals surface area contributed by atoms with E-state index in [1.165, 1.54) is 17.2 Å². The topological polar surface area (TPSA) is 34.9 Å². The number of aryl methyl sites for hydroxylation is 3. The third-order valence-corrected chi connectivity index (χ3v) is 6.07. The molecule has 0 bridgehead atoms. The van der Waals surface area contributed by atoms with Crippen LogP contribution in [0.2, 0.25) is 0 Å². The molecule has 0 unspecified atom stereocenters. The molecular weight excluding hydrogens is 382 g/mol. The maximum absolute atomic E-state index is 14.4. The van der Waals surface area contributed by atoms with Gasteiger partial charge in [0.05, 0.1) is 12.2 Å². The van der Waals surface area contributed by atoms with E-state index in [1.54, 1.807) is 10.8 Å². The molecule has 150 valence electrons. The molecule has 0 atom stereocenters. The Labute approximate surface area is 173 Å². The second kappa shape index (κ2) is 7.17. The molecule has 0 saturated heterocycles. The van der Waals surface area contributed by atoms with Crippen molar-refractivity contribution in [3.8, 4) is 11.1 Å². The Morgan fingerprint density at radius 3 is 2.80 bits per heavy atom. The van der Waals surface area contributed by atoms with Gasteiger partial charge in [-0.2, -0.15) is 0 Å². The molecule has 0 N–H and O–H groups in total. The second-order valence-electron chi connectivity index (χ2n) is 7.79. The first-order valence-corrected chi connectivity index (χ1v) is 10.1. The zero-order valence-electron chi connectivity index (χ0n) is 16.6. The number of halogens is 2. The molecule has 4 aromatic rings. The van der Waals surface area contributed by atoms with Crippen molar-refractivity contribution in [3.05, 3.63) is 88.4 Å². The van der Waals surface area contributed by atoms with E-state index in [0.29, 0.717) is 5.69 Å². The average molecular weight is 402 g/mol. The Hall–Kier alpha value is -3.34. The van der Waals surface area contributed by atoms with Gasteiger partial charge < -0.3 is 4.57 Å². The fourth-order valence-electron chi connectivity index (χ4n) is 4.70. The van der Waals surface area contributed by atoms with Crippen LogP contribution in [-0.4, -0.2) is 15.8 Å². The lowest BCUT2D eigenvalue weighted by atomic mass is 9.96. The zero-order chi connectivity index (χ0) is 20.8. The summed E-state index contributed by atoms with van der Waals surface area (Å²) in [4.78, 5) is 16.8. The molecule has 0 saturated carbocycles. The van der Waals surface area contributed by atoms with Crippen molar-refractivity contribution >= 4 is 17.2 Å². The van der Waals surface area contributed by atoms with Gasteiger partial charge >= 0.3 is 0 Å². The van der Waals surface area contributed by atoms with Crippen molar-refractivity contribution in [2.24, 2.45) is 0 Å². The van der Waals surface area contributed by atoms with Gasteiger partial charge in [-0.05, 0) is 67.6 Å². The van der Waals surface area contributed by atoms with Crippen LogP contribution in [-0.2, 0) is 19.4 Å². The smallest absolute Gasteiger partial charge is 0.167 e. The molecule has 0 radical (unpaired) electrons. The summed E-state index contributed by atoms with van der Waals surface area (Å²) in [6, 6.07) is 11.3. The highest BCUT2D eigenvalue weighted by Gasteiger charge is 2.25. The molecule has 0 amide bonds. The van der Waals surface area contributed by atoms with E-state index in [0.717, 1.165) is 65.4 Å². The molecule has 2 aromatic heterocycles. The number of pyridine rings is 1. The fraction of sp³-hybridized carbons (Fsp3) is 0.200. The monoisotopic (exact) mass is 402 g/mol. The van der Waals surface area contributed by atoms with Gasteiger partial charge in [0, 0.05) is 39.5 Å². The molecule has 2 heterocycles. The lowest BCUT2D eigenvalue weighted by molar-refractivity contribution is 0.111. The molecular formula is C25H20F2N2O. The van der Waals surface area contributed by atoms with Gasteiger partial charge in [0.25, 0.3) is 0 Å². The highest BCUT2D eigenvalue weighted by molar-refractivity contribution is 6.07. The molecule has 5 heteroatoms. The third-order valence-electron chi connectivity index (χ3n) is 6.07. The highest BCUT2D eigenvalue weighted by Crippen LogP contribution is 2.41. The number of aromatic nitrogens is 2. The van der Waals surface area contributed by atoms with Crippen LogP contribution in [0.1, 0.15) is 39.3 Å². The Balaban J connectivity index is 1.85. The van der Waals surface area contributed by atoms with Crippen LogP contribution in [0.25, 0.3) is 22.0 Å². The minimum atomic E-state index is -0.500. The predicted molar refractivity (Wildman–Crippen MR) is 113 cm³/mol. The summed E-state index contributed by atoms with van der Waals surface area (Å²) < 4.78 is 30.0. The van der Waals surface area contributed by atoms with Crippen molar-refractivity contribution in [2.75, 3.05) is 0 Å². The predicted octanol–water partition coefficient (Wildman–Crippen LogP) is 5.64. The van der Waals surface area contributed by atoms with Gasteiger partial charge in [-0.3, -0.25) is 9.78 Å². The second-order valence-corrected chi connectivity index (χ2v) is 7.79. The van der Waals surface area contributed by atoms with Gasteiger partial charge in [0.2, 0.25) is 0 Å². The molecule has 3 nitrogen and oxygen atoms in total. The standard InChI is InChI=1S/C25H20F2N2O/c1-15-19(6-3-11-28-15)24-23(14-30)29(13-17-12-18(26)8-9-21(17)27)22-10-7-16-4-2-5-20(16)25(22)24/h3,6-12,14H,2,4-5,13H2,1H3. The Kier molecular flexibility index (Phi) is 4.46. The molecule has 1 aliphatic rings. The van der Waals surface area contributed by atoms with E-state index in [9.17, 15) is 13.6 Å². The zero-order valence-corrected chi connectivity index (χ0v) is 16.6. The maximum Gasteiger partial charge on any atom is 0.167 e. The lowest BCUT2D eigenvalue weighted by Crippen LogP contribution is -2.06. The highest BCUT2D eigenvalue weighted by atomic mass is 19.1. The van der Waals surface area contributed by atoms with Crippen LogP contribution >= 0.6 is 0 Å². The summed E-state index contributed by atoms with van der Waals surface area (Å²) in [5.74, 6) is -0.991. The van der Waals surface area contributed by atoms with Crippen LogP contribution in [0.15, 0.2) is 48.7 Å². The van der Waals surface area contributed by atoms with Crippen molar-refractivity contribution < 1.29 is 13.6 Å². The summed E-state index contributed by atoms with van der Waals surface area (Å²) in [5.41, 5.74) is 6.62. The largest absolute Gasteiger partial charge is 0.333 e. The van der Waals surface area contributed by atoms with Gasteiger partial charge in [0.15, 0.2) is 6.29 Å². The summed E-state index contributed by atoms with van der Waals surface area (Å²) in [6.45, 7) is 1.99. The number of carbonyl (C=O) groups excluding carboxylic acids is 1. The quantitative estimate of drug-likeness (QED) is 0.414. The SMILES string of the molecule is Cc1ncccc1-c1c(C=O)n(Cc2cc(F)ccc2F)c2ccc3c(c12)CCC3. The third kappa shape index (κ3) is 2.84. The van der Waals surface area contributed by atoms with Crippen LogP contribution in [0.4, 0.5) is 8.78 Å². The van der Waals surface area contributed by atoms with E-state index in [1.807, 2.05) is 25.1 Å². The van der Waals surface area contributed by atoms with Crippen molar-refractivity contribution in [2.45, 2.75) is 32.7 Å². The first kappa shape index (κ1) is 18.7. The summed E-state index contributed by atoms with van der Waals surface area (Å²) in [6.07, 6.45) is 5.57. The molecule has 0 spiro atoms. The molecule has 30 heavy (non-hydrogen) atoms. The van der Waals surface area contributed by atoms with Crippen LogP contribution in [0.3, 0.4) is 0 Å². The van der Waals surface area contributed by atoms with Crippen LogP contribution in [0.5, 0.6) is 0 Å². The van der Waals surface area contributed by atoms with E-state index < -0.39 is 11.6 Å². The average Bonchev–Trinajstić information content (AvgIpc) is 3.33. The first-order chi connectivity index (χ1) is 14.6. The fourth-order valence-corrected chi connectivity index (χ4v) is 4.70. The number of benzene rings is 2. The Bertz CT molecular complexity index is 1310. The Morgan fingerprint density at radius 2 is 2.00 bits per heavy atom. The number of hydrogen-bond donors (Lipinski definition) is 0. The van der Waals surface area contributed by atoms with E-state index >= 15 is 0 Å². The van der Waals surface area contributed by atoms with E-state index in [-0.39, 0.29) is 12.1 Å².